The number of nitrogens with one attached hydrogen (secondary N) is 1. The Balaban J connectivity index is 1.31. The number of alkyl halides is 3. The van der Waals surface area contributed by atoms with Crippen molar-refractivity contribution in [1.29, 1.82) is 0 Å². The van der Waals surface area contributed by atoms with Gasteiger partial charge in [-0.1, -0.05) is 16.8 Å². The van der Waals surface area contributed by atoms with Crippen LogP contribution in [-0.2, 0) is 25.1 Å². The molecule has 1 aliphatic rings. The second-order valence-corrected chi connectivity index (χ2v) is 9.04. The highest BCUT2D eigenvalue weighted by Gasteiger charge is 2.34. The fourth-order valence-electron chi connectivity index (χ4n) is 3.93. The Morgan fingerprint density at radius 1 is 1.05 bits per heavy atom. The highest BCUT2D eigenvalue weighted by Crippen LogP contribution is 2.35. The number of amides is 1. The van der Waals surface area contributed by atoms with Crippen molar-refractivity contribution in [3.8, 4) is 0 Å². The molecule has 1 saturated heterocycles. The van der Waals surface area contributed by atoms with E-state index in [1.165, 1.54) is 0 Å². The maximum atomic E-state index is 12.9. The van der Waals surface area contributed by atoms with Crippen LogP contribution in [-0.4, -0.2) is 89.0 Å². The van der Waals surface area contributed by atoms with Crippen LogP contribution in [0.3, 0.4) is 0 Å². The van der Waals surface area contributed by atoms with Crippen molar-refractivity contribution in [3.63, 3.8) is 0 Å². The molecule has 9 nitrogen and oxygen atoms in total. The van der Waals surface area contributed by atoms with Crippen molar-refractivity contribution in [2.45, 2.75) is 24.9 Å². The number of ether oxygens (including phenoxy) is 4. The van der Waals surface area contributed by atoms with E-state index < -0.39 is 16.8 Å². The van der Waals surface area contributed by atoms with E-state index in [0.29, 0.717) is 84.6 Å². The summed E-state index contributed by atoms with van der Waals surface area (Å²) in [5.41, 5.74) is -0.0321. The Kier molecular flexibility index (Phi) is 12.1. The maximum absolute atomic E-state index is 12.9. The first-order valence-electron chi connectivity index (χ1n) is 12.4. The molecular weight excluding hydrogens is 531 g/mol. The SMILES string of the molecule is COCCOCCOCCOCCNc1cc(C2CCN(C(=O)c3ccc(C(F)(F)F)c(Cl)c3)CC2)no1. The van der Waals surface area contributed by atoms with E-state index in [4.69, 9.17) is 35.1 Å². The van der Waals surface area contributed by atoms with Crippen molar-refractivity contribution in [2.75, 3.05) is 78.3 Å². The molecule has 2 aromatic rings. The van der Waals surface area contributed by atoms with E-state index in [1.54, 1.807) is 12.0 Å². The van der Waals surface area contributed by atoms with Gasteiger partial charge in [0, 0.05) is 44.3 Å². The number of hydrogen-bond donors (Lipinski definition) is 1. The van der Waals surface area contributed by atoms with Gasteiger partial charge in [0.25, 0.3) is 5.91 Å². The first kappa shape index (κ1) is 30.2. The van der Waals surface area contributed by atoms with Crippen LogP contribution < -0.4 is 5.32 Å². The highest BCUT2D eigenvalue weighted by molar-refractivity contribution is 6.31. The van der Waals surface area contributed by atoms with Gasteiger partial charge in [0.2, 0.25) is 5.88 Å². The summed E-state index contributed by atoms with van der Waals surface area (Å²) < 4.78 is 65.2. The van der Waals surface area contributed by atoms with E-state index in [9.17, 15) is 18.0 Å². The molecule has 38 heavy (non-hydrogen) atoms. The number of carbonyl (C=O) groups excluding carboxylic acids is 1. The molecule has 13 heteroatoms. The number of piperidine rings is 1. The van der Waals surface area contributed by atoms with Crippen LogP contribution in [0.1, 0.15) is 40.4 Å². The predicted molar refractivity (Wildman–Crippen MR) is 134 cm³/mol. The zero-order chi connectivity index (χ0) is 27.4. The minimum absolute atomic E-state index is 0.112. The number of likely N-dealkylation sites (tertiary alicyclic amines) is 1. The standard InChI is InChI=1S/C25H33ClF3N3O6/c1-34-10-11-36-14-15-37-13-12-35-9-6-30-23-17-22(31-38-23)18-4-7-32(8-5-18)24(33)19-2-3-20(21(26)16-19)25(27,28)29/h2-3,16-18,30H,4-15H2,1H3. The van der Waals surface area contributed by atoms with Crippen LogP contribution in [0.2, 0.25) is 5.02 Å². The molecule has 0 unspecified atom stereocenters. The Morgan fingerprint density at radius 2 is 1.68 bits per heavy atom. The number of rotatable bonds is 15. The summed E-state index contributed by atoms with van der Waals surface area (Å²) in [6, 6.07) is 4.92. The molecule has 0 radical (unpaired) electrons. The summed E-state index contributed by atoms with van der Waals surface area (Å²) in [6.45, 7) is 4.99. The number of hydrogen-bond acceptors (Lipinski definition) is 8. The molecule has 0 saturated carbocycles. The van der Waals surface area contributed by atoms with E-state index in [0.717, 1.165) is 23.9 Å². The van der Waals surface area contributed by atoms with Crippen molar-refractivity contribution in [3.05, 3.63) is 46.1 Å². The molecule has 0 spiro atoms. The number of nitrogens with zero attached hydrogens (tertiary/aromatic N) is 2. The molecule has 212 valence electrons. The monoisotopic (exact) mass is 563 g/mol. The third kappa shape index (κ3) is 9.42. The van der Waals surface area contributed by atoms with Gasteiger partial charge in [-0.2, -0.15) is 13.2 Å². The van der Waals surface area contributed by atoms with E-state index in [2.05, 4.69) is 10.5 Å². The summed E-state index contributed by atoms with van der Waals surface area (Å²) in [4.78, 5) is 14.4. The van der Waals surface area contributed by atoms with E-state index in [-0.39, 0.29) is 17.4 Å². The van der Waals surface area contributed by atoms with Crippen molar-refractivity contribution < 1.29 is 41.4 Å². The molecule has 1 amide bonds. The summed E-state index contributed by atoms with van der Waals surface area (Å²) in [5, 5.41) is 6.78. The minimum Gasteiger partial charge on any atom is -0.382 e. The second kappa shape index (κ2) is 15.3. The number of anilines is 1. The minimum atomic E-state index is -4.57. The molecule has 1 N–H and O–H groups in total. The van der Waals surface area contributed by atoms with Gasteiger partial charge < -0.3 is 33.7 Å². The Hall–Kier alpha value is -2.38. The zero-order valence-corrected chi connectivity index (χ0v) is 22.0. The molecule has 1 fully saturated rings. The number of halogens is 4. The van der Waals surface area contributed by atoms with Crippen LogP contribution in [0, 0.1) is 0 Å². The zero-order valence-electron chi connectivity index (χ0n) is 21.2. The fourth-order valence-corrected chi connectivity index (χ4v) is 4.22. The number of aromatic nitrogens is 1. The molecule has 3 rings (SSSR count). The van der Waals surface area contributed by atoms with Crippen molar-refractivity contribution in [1.82, 2.24) is 10.1 Å². The topological polar surface area (TPSA) is 95.3 Å². The van der Waals surface area contributed by atoms with Gasteiger partial charge >= 0.3 is 6.18 Å². The van der Waals surface area contributed by atoms with Crippen LogP contribution in [0.5, 0.6) is 0 Å². The van der Waals surface area contributed by atoms with Crippen LogP contribution >= 0.6 is 11.6 Å². The summed E-state index contributed by atoms with van der Waals surface area (Å²) in [6.07, 6.45) is -3.25. The number of benzene rings is 1. The largest absolute Gasteiger partial charge is 0.417 e. The molecule has 0 atom stereocenters. The molecule has 2 heterocycles. The third-order valence-electron chi connectivity index (χ3n) is 5.97. The molecule has 1 aliphatic heterocycles. The summed E-state index contributed by atoms with van der Waals surface area (Å²) in [5.74, 6) is 0.301. The first-order valence-corrected chi connectivity index (χ1v) is 12.8. The van der Waals surface area contributed by atoms with Gasteiger partial charge in [-0.15, -0.1) is 0 Å². The molecule has 1 aromatic heterocycles. The van der Waals surface area contributed by atoms with Crippen molar-refractivity contribution in [2.24, 2.45) is 0 Å². The Labute approximate surface area is 224 Å². The summed E-state index contributed by atoms with van der Waals surface area (Å²) in [7, 11) is 1.62. The number of methoxy groups -OCH3 is 1. The van der Waals surface area contributed by atoms with Crippen LogP contribution in [0.25, 0.3) is 0 Å². The summed E-state index contributed by atoms with van der Waals surface area (Å²) >= 11 is 5.76. The second-order valence-electron chi connectivity index (χ2n) is 8.63. The molecular formula is C25H33ClF3N3O6. The van der Waals surface area contributed by atoms with Gasteiger partial charge in [0.15, 0.2) is 0 Å². The Bertz CT molecular complexity index is 999. The average molecular weight is 564 g/mol. The highest BCUT2D eigenvalue weighted by atomic mass is 35.5. The Morgan fingerprint density at radius 3 is 2.29 bits per heavy atom. The quantitative estimate of drug-likeness (QED) is 0.317. The van der Waals surface area contributed by atoms with Gasteiger partial charge in [0.1, 0.15) is 0 Å². The first-order chi connectivity index (χ1) is 18.3. The van der Waals surface area contributed by atoms with Gasteiger partial charge in [0.05, 0.1) is 62.5 Å². The smallest absolute Gasteiger partial charge is 0.382 e. The number of carbonyl (C=O) groups is 1. The van der Waals surface area contributed by atoms with Crippen LogP contribution in [0.4, 0.5) is 19.1 Å². The average Bonchev–Trinajstić information content (AvgIpc) is 3.37. The normalized spacial score (nSPS) is 14.7. The predicted octanol–water partition coefficient (Wildman–Crippen LogP) is 4.47. The van der Waals surface area contributed by atoms with Crippen LogP contribution in [0.15, 0.2) is 28.8 Å². The lowest BCUT2D eigenvalue weighted by Gasteiger charge is -2.31. The van der Waals surface area contributed by atoms with E-state index in [1.807, 2.05) is 6.07 Å². The van der Waals surface area contributed by atoms with Gasteiger partial charge in [-0.25, -0.2) is 0 Å². The van der Waals surface area contributed by atoms with Gasteiger partial charge in [-0.05, 0) is 31.0 Å². The lowest BCUT2D eigenvalue weighted by Crippen LogP contribution is -2.38. The lowest BCUT2D eigenvalue weighted by atomic mass is 9.93. The van der Waals surface area contributed by atoms with Gasteiger partial charge in [-0.3, -0.25) is 4.79 Å². The molecule has 1 aromatic carbocycles. The van der Waals surface area contributed by atoms with Crippen molar-refractivity contribution >= 4 is 23.4 Å². The third-order valence-corrected chi connectivity index (χ3v) is 6.28. The molecule has 0 bridgehead atoms. The van der Waals surface area contributed by atoms with E-state index >= 15 is 0 Å². The maximum Gasteiger partial charge on any atom is 0.417 e. The fraction of sp³-hybridized carbons (Fsp3) is 0.600. The lowest BCUT2D eigenvalue weighted by molar-refractivity contribution is -0.137. The molecule has 0 aliphatic carbocycles.